The maximum absolute atomic E-state index is 13.3. The van der Waals surface area contributed by atoms with Gasteiger partial charge in [0.15, 0.2) is 0 Å². The minimum absolute atomic E-state index is 0.0615. The fourth-order valence-corrected chi connectivity index (χ4v) is 9.08. The molecule has 4 rings (SSSR count). The van der Waals surface area contributed by atoms with Crippen LogP contribution in [0.1, 0.15) is 78.1 Å². The average Bonchev–Trinajstić information content (AvgIpc) is 2.97. The monoisotopic (exact) mass is 432 g/mol. The molecule has 5 heteroatoms. The third-order valence-electron chi connectivity index (χ3n) is 10.2. The highest BCUT2D eigenvalue weighted by Crippen LogP contribution is 2.69. The van der Waals surface area contributed by atoms with E-state index in [1.54, 1.807) is 7.11 Å². The van der Waals surface area contributed by atoms with E-state index in [-0.39, 0.29) is 10.2 Å². The molecule has 4 aliphatic carbocycles. The van der Waals surface area contributed by atoms with Crippen LogP contribution in [-0.2, 0) is 4.74 Å². The fraction of sp³-hybridized carbons (Fsp3) is 1.00. The Morgan fingerprint density at radius 3 is 2.41 bits per heavy atom. The average molecular weight is 433 g/mol. The zero-order valence-corrected chi connectivity index (χ0v) is 19.2. The molecule has 4 aliphatic rings. The second-order valence-corrected chi connectivity index (χ2v) is 11.9. The van der Waals surface area contributed by atoms with E-state index in [0.29, 0.717) is 48.3 Å². The van der Waals surface area contributed by atoms with Crippen molar-refractivity contribution in [2.75, 3.05) is 13.7 Å². The molecule has 29 heavy (non-hydrogen) atoms. The van der Waals surface area contributed by atoms with Crippen LogP contribution in [0.15, 0.2) is 0 Å². The second-order valence-electron chi connectivity index (χ2n) is 11.1. The number of halogens is 3. The molecule has 168 valence electrons. The molecule has 9 atom stereocenters. The van der Waals surface area contributed by atoms with Crippen molar-refractivity contribution < 1.29 is 17.9 Å². The number of fused-ring (bicyclic) bond motifs is 5. The molecule has 8 unspecified atom stereocenters. The van der Waals surface area contributed by atoms with Crippen molar-refractivity contribution >= 4 is 12.6 Å². The van der Waals surface area contributed by atoms with E-state index < -0.39 is 12.1 Å². The lowest BCUT2D eigenvalue weighted by atomic mass is 9.48. The van der Waals surface area contributed by atoms with Gasteiger partial charge in [0.2, 0.25) is 0 Å². The number of hydrogen-bond donors (Lipinski definition) is 1. The summed E-state index contributed by atoms with van der Waals surface area (Å²) in [6.45, 7) is 5.63. The summed E-state index contributed by atoms with van der Waals surface area (Å²) in [4.78, 5) is 0. The molecular weight excluding hydrogens is 393 g/mol. The quantitative estimate of drug-likeness (QED) is 0.464. The number of rotatable bonds is 4. The van der Waals surface area contributed by atoms with Gasteiger partial charge in [0.1, 0.15) is 0 Å². The molecule has 0 radical (unpaired) electrons. The Morgan fingerprint density at radius 2 is 1.72 bits per heavy atom. The molecule has 0 N–H and O–H groups in total. The van der Waals surface area contributed by atoms with Gasteiger partial charge in [-0.1, -0.05) is 13.8 Å². The minimum Gasteiger partial charge on any atom is -0.385 e. The molecular formula is C24H39F3OS. The van der Waals surface area contributed by atoms with Crippen LogP contribution in [0.25, 0.3) is 0 Å². The van der Waals surface area contributed by atoms with Crippen LogP contribution in [-0.4, -0.2) is 24.6 Å². The molecule has 0 aromatic carbocycles. The molecule has 0 aromatic rings. The van der Waals surface area contributed by atoms with E-state index in [2.05, 4.69) is 13.8 Å². The normalized spacial score (nSPS) is 48.5. The van der Waals surface area contributed by atoms with Crippen molar-refractivity contribution in [1.82, 2.24) is 0 Å². The van der Waals surface area contributed by atoms with Crippen LogP contribution < -0.4 is 0 Å². The highest BCUT2D eigenvalue weighted by Gasteiger charge is 2.63. The largest absolute Gasteiger partial charge is 0.391 e. The number of methoxy groups -OCH3 is 1. The molecule has 1 nitrogen and oxygen atoms in total. The first-order valence-corrected chi connectivity index (χ1v) is 12.3. The molecule has 0 spiro atoms. The summed E-state index contributed by atoms with van der Waals surface area (Å²) in [5.41, 5.74) is 0.250. The summed E-state index contributed by atoms with van der Waals surface area (Å²) in [6, 6.07) is 0. The van der Waals surface area contributed by atoms with Gasteiger partial charge >= 0.3 is 6.18 Å². The van der Waals surface area contributed by atoms with Crippen LogP contribution in [0, 0.1) is 46.8 Å². The van der Waals surface area contributed by atoms with Crippen LogP contribution >= 0.6 is 12.6 Å². The van der Waals surface area contributed by atoms with Crippen molar-refractivity contribution in [1.29, 1.82) is 0 Å². The Kier molecular flexibility index (Phi) is 6.08. The minimum atomic E-state index is -4.00. The summed E-state index contributed by atoms with van der Waals surface area (Å²) < 4.78 is 45.3. The summed E-state index contributed by atoms with van der Waals surface area (Å²) >= 11 is 5.37. The SMILES string of the molecule is COCC[C@@H](C)C1(S)CCC2C3CCC4CC(C(F)(F)F)CCC4C3CCC21C. The summed E-state index contributed by atoms with van der Waals surface area (Å²) in [5.74, 6) is 2.39. The lowest BCUT2D eigenvalue weighted by Gasteiger charge is -2.58. The Bertz CT molecular complexity index is 595. The van der Waals surface area contributed by atoms with Gasteiger partial charge in [-0.25, -0.2) is 0 Å². The van der Waals surface area contributed by atoms with Crippen molar-refractivity contribution in [2.45, 2.75) is 89.0 Å². The summed E-state index contributed by atoms with van der Waals surface area (Å²) in [7, 11) is 1.77. The maximum atomic E-state index is 13.3. The number of thiol groups is 1. The van der Waals surface area contributed by atoms with E-state index in [0.717, 1.165) is 32.3 Å². The van der Waals surface area contributed by atoms with Gasteiger partial charge in [0, 0.05) is 18.5 Å². The lowest BCUT2D eigenvalue weighted by Crippen LogP contribution is -2.54. The predicted octanol–water partition coefficient (Wildman–Crippen LogP) is 7.16. The van der Waals surface area contributed by atoms with Crippen molar-refractivity contribution in [3.05, 3.63) is 0 Å². The summed E-state index contributed by atoms with van der Waals surface area (Å²) in [5, 5.41) is 0. The molecule has 0 aromatic heterocycles. The van der Waals surface area contributed by atoms with Crippen LogP contribution in [0.4, 0.5) is 13.2 Å². The molecule has 0 heterocycles. The van der Waals surface area contributed by atoms with Gasteiger partial charge in [0.25, 0.3) is 0 Å². The zero-order valence-electron chi connectivity index (χ0n) is 18.3. The van der Waals surface area contributed by atoms with Crippen LogP contribution in [0.3, 0.4) is 0 Å². The maximum Gasteiger partial charge on any atom is 0.391 e. The second kappa shape index (κ2) is 7.90. The molecule has 0 amide bonds. The van der Waals surface area contributed by atoms with Gasteiger partial charge in [-0.3, -0.25) is 0 Å². The van der Waals surface area contributed by atoms with Gasteiger partial charge in [-0.05, 0) is 105 Å². The first-order valence-electron chi connectivity index (χ1n) is 11.9. The Hall–Kier alpha value is 0.100. The van der Waals surface area contributed by atoms with Crippen molar-refractivity contribution in [3.8, 4) is 0 Å². The Labute approximate surface area is 180 Å². The van der Waals surface area contributed by atoms with Gasteiger partial charge in [-0.15, -0.1) is 0 Å². The number of hydrogen-bond acceptors (Lipinski definition) is 2. The number of alkyl halides is 3. The zero-order chi connectivity index (χ0) is 21.0. The smallest absolute Gasteiger partial charge is 0.385 e. The standard InChI is InChI=1S/C24H39F3OS/c1-15(10-13-28-3)23(29)12-9-21-20-6-4-16-14-17(24(25,26)27)5-7-18(16)19(20)8-11-22(21,23)2/h15-21,29H,4-14H2,1-3H3/t15-,16?,17?,18?,19?,20?,21?,22?,23?/m1/s1. The molecule has 0 saturated heterocycles. The lowest BCUT2D eigenvalue weighted by molar-refractivity contribution is -0.196. The van der Waals surface area contributed by atoms with E-state index in [1.165, 1.54) is 25.7 Å². The van der Waals surface area contributed by atoms with Gasteiger partial charge in [-0.2, -0.15) is 25.8 Å². The fourth-order valence-electron chi connectivity index (χ4n) is 8.54. The highest BCUT2D eigenvalue weighted by molar-refractivity contribution is 7.81. The van der Waals surface area contributed by atoms with Crippen molar-refractivity contribution in [3.63, 3.8) is 0 Å². The van der Waals surface area contributed by atoms with Crippen LogP contribution in [0.2, 0.25) is 0 Å². The third-order valence-corrected chi connectivity index (χ3v) is 11.4. The topological polar surface area (TPSA) is 9.23 Å². The van der Waals surface area contributed by atoms with Crippen LogP contribution in [0.5, 0.6) is 0 Å². The third kappa shape index (κ3) is 3.58. The highest BCUT2D eigenvalue weighted by atomic mass is 32.1. The Morgan fingerprint density at radius 1 is 1.00 bits per heavy atom. The van der Waals surface area contributed by atoms with Crippen molar-refractivity contribution in [2.24, 2.45) is 46.8 Å². The molecule has 0 bridgehead atoms. The predicted molar refractivity (Wildman–Crippen MR) is 114 cm³/mol. The van der Waals surface area contributed by atoms with E-state index in [9.17, 15) is 13.2 Å². The molecule has 4 saturated carbocycles. The molecule has 4 fully saturated rings. The van der Waals surface area contributed by atoms with E-state index >= 15 is 0 Å². The summed E-state index contributed by atoms with van der Waals surface area (Å²) in [6.07, 6.45) is 5.61. The van der Waals surface area contributed by atoms with E-state index in [1.807, 2.05) is 0 Å². The first kappa shape index (κ1) is 22.3. The first-order chi connectivity index (χ1) is 13.6. The van der Waals surface area contributed by atoms with Gasteiger partial charge in [0.05, 0.1) is 5.92 Å². The molecule has 0 aliphatic heterocycles. The number of ether oxygens (including phenoxy) is 1. The van der Waals surface area contributed by atoms with Gasteiger partial charge < -0.3 is 4.74 Å². The Balaban J connectivity index is 1.49. The van der Waals surface area contributed by atoms with E-state index in [4.69, 9.17) is 17.4 Å².